The summed E-state index contributed by atoms with van der Waals surface area (Å²) in [5, 5.41) is 0. The molecule has 7 heterocycles. The number of aromatic nitrogens is 2. The average molecular weight is 981 g/mol. The van der Waals surface area contributed by atoms with Gasteiger partial charge in [-0.1, -0.05) is 81.4 Å². The molecule has 0 spiro atoms. The number of fused-ring (bicyclic) bond motifs is 3. The second-order valence-corrected chi connectivity index (χ2v) is 18.7. The summed E-state index contributed by atoms with van der Waals surface area (Å²) in [6, 6.07) is 36.1. The molecule has 1 aromatic heterocycles. The van der Waals surface area contributed by atoms with Crippen molar-refractivity contribution < 1.29 is 57.0 Å². The highest BCUT2D eigenvalue weighted by atomic mass is 16.6. The predicted molar refractivity (Wildman–Crippen MR) is 269 cm³/mol. The fourth-order valence-corrected chi connectivity index (χ4v) is 7.93. The summed E-state index contributed by atoms with van der Waals surface area (Å²) in [7, 11) is 0. The van der Waals surface area contributed by atoms with Gasteiger partial charge in [0.2, 0.25) is 0 Å². The van der Waals surface area contributed by atoms with Crippen molar-refractivity contribution in [3.05, 3.63) is 160 Å². The number of H-pyrrole nitrogens is 1. The fourth-order valence-electron chi connectivity index (χ4n) is 7.93. The van der Waals surface area contributed by atoms with Crippen LogP contribution >= 0.6 is 0 Å². The molecule has 3 unspecified atom stereocenters. The van der Waals surface area contributed by atoms with E-state index in [1.165, 1.54) is 11.1 Å². The normalized spacial score (nSPS) is 18.5. The van der Waals surface area contributed by atoms with Gasteiger partial charge in [0.05, 0.1) is 39.1 Å². The van der Waals surface area contributed by atoms with Gasteiger partial charge in [-0.3, -0.25) is 14.4 Å². The lowest BCUT2D eigenvalue weighted by Gasteiger charge is -2.26. The number of para-hydroxylation sites is 2. The number of benzene rings is 5. The minimum Gasteiger partial charge on any atom is -0.491 e. The lowest BCUT2D eigenvalue weighted by atomic mass is 9.78. The number of carbonyl (C=O) groups excluding carboxylic acids is 3. The van der Waals surface area contributed by atoms with Gasteiger partial charge in [0.15, 0.2) is 0 Å². The molecule has 72 heavy (non-hydrogen) atoms. The maximum atomic E-state index is 11.3. The summed E-state index contributed by atoms with van der Waals surface area (Å²) in [4.78, 5) is 40.6. The smallest absolute Gasteiger partial charge is 0.311 e. The lowest BCUT2D eigenvalue weighted by Crippen LogP contribution is -2.21. The zero-order valence-corrected chi connectivity index (χ0v) is 41.7. The van der Waals surface area contributed by atoms with Gasteiger partial charge in [0.25, 0.3) is 0 Å². The molecular weight excluding hydrogens is 917 g/mol. The molecule has 0 radical (unpaired) electrons. The Labute approximate surface area is 421 Å². The molecular formula is C58H64N2O12. The molecule has 6 aliphatic rings. The molecule has 0 saturated carbocycles. The van der Waals surface area contributed by atoms with Gasteiger partial charge in [0.1, 0.15) is 78.5 Å². The van der Waals surface area contributed by atoms with Gasteiger partial charge in [-0.15, -0.1) is 0 Å². The van der Waals surface area contributed by atoms with Crippen molar-refractivity contribution in [2.45, 2.75) is 103 Å². The van der Waals surface area contributed by atoms with Gasteiger partial charge in [-0.2, -0.15) is 0 Å². The van der Waals surface area contributed by atoms with Gasteiger partial charge < -0.3 is 47.6 Å². The Morgan fingerprint density at radius 1 is 0.556 bits per heavy atom. The van der Waals surface area contributed by atoms with Crippen molar-refractivity contribution >= 4 is 17.9 Å². The number of aromatic amines is 1. The summed E-state index contributed by atoms with van der Waals surface area (Å²) in [6.07, 6.45) is 7.32. The van der Waals surface area contributed by atoms with Crippen LogP contribution in [0.25, 0.3) is 0 Å². The predicted octanol–water partition coefficient (Wildman–Crippen LogP) is 9.55. The molecule has 12 rings (SSSR count). The molecule has 3 saturated heterocycles. The number of ether oxygens (including phenoxy) is 9. The highest BCUT2D eigenvalue weighted by Crippen LogP contribution is 2.40. The minimum absolute atomic E-state index is 0.0870. The zero-order valence-electron chi connectivity index (χ0n) is 41.7. The van der Waals surface area contributed by atoms with Crippen molar-refractivity contribution in [2.75, 3.05) is 39.6 Å². The number of rotatable bonds is 12. The molecule has 3 fully saturated rings. The Hall–Kier alpha value is -7.00. The Morgan fingerprint density at radius 3 is 1.42 bits per heavy atom. The van der Waals surface area contributed by atoms with Crippen molar-refractivity contribution in [1.29, 1.82) is 0 Å². The molecule has 378 valence electrons. The SMILES string of the molecule is CC(C)(c1ccc(OCC2CO2)cc1)c1ccc(OCC2CO2)cc1.CCc1ncc(C)[nH]1.Cc1c2c(cc3c1OC(=O)CC3)CCC(=O)O2.O=C1CCc2ccccc2O1.c1ccc(OCC2CO2)cc1. The van der Waals surface area contributed by atoms with E-state index in [9.17, 15) is 14.4 Å². The first-order chi connectivity index (χ1) is 34.9. The molecule has 14 heteroatoms. The van der Waals surface area contributed by atoms with Crippen LogP contribution in [0.4, 0.5) is 0 Å². The van der Waals surface area contributed by atoms with Gasteiger partial charge in [0, 0.05) is 29.3 Å². The maximum absolute atomic E-state index is 11.3. The van der Waals surface area contributed by atoms with Crippen molar-refractivity contribution in [3.63, 3.8) is 0 Å². The van der Waals surface area contributed by atoms with E-state index in [1.807, 2.05) is 105 Å². The summed E-state index contributed by atoms with van der Waals surface area (Å²) >= 11 is 0. The van der Waals surface area contributed by atoms with Crippen LogP contribution in [0.3, 0.4) is 0 Å². The van der Waals surface area contributed by atoms with E-state index < -0.39 is 0 Å². The number of epoxide rings is 3. The van der Waals surface area contributed by atoms with Crippen LogP contribution < -0.4 is 28.4 Å². The van der Waals surface area contributed by atoms with E-state index >= 15 is 0 Å². The lowest BCUT2D eigenvalue weighted by molar-refractivity contribution is -0.136. The van der Waals surface area contributed by atoms with Crippen LogP contribution in [0.15, 0.2) is 115 Å². The van der Waals surface area contributed by atoms with E-state index in [0.717, 1.165) is 89.4 Å². The molecule has 0 amide bonds. The molecule has 3 atom stereocenters. The number of carbonyl (C=O) groups is 3. The van der Waals surface area contributed by atoms with Crippen LogP contribution in [0.1, 0.15) is 84.9 Å². The van der Waals surface area contributed by atoms with Crippen LogP contribution in [0.2, 0.25) is 0 Å². The molecule has 6 aromatic rings. The number of aryl methyl sites for hydroxylation is 5. The molecule has 0 aliphatic carbocycles. The highest BCUT2D eigenvalue weighted by molar-refractivity contribution is 5.80. The summed E-state index contributed by atoms with van der Waals surface area (Å²) in [6.45, 7) is 14.8. The van der Waals surface area contributed by atoms with E-state index in [2.05, 4.69) is 55.0 Å². The largest absolute Gasteiger partial charge is 0.491 e. The summed E-state index contributed by atoms with van der Waals surface area (Å²) < 4.78 is 47.6. The summed E-state index contributed by atoms with van der Waals surface area (Å²) in [5.74, 6) is 5.09. The van der Waals surface area contributed by atoms with E-state index in [0.29, 0.717) is 69.5 Å². The van der Waals surface area contributed by atoms with Crippen LogP contribution in [-0.4, -0.2) is 85.8 Å². The summed E-state index contributed by atoms with van der Waals surface area (Å²) in [5.41, 5.74) is 7.53. The second kappa shape index (κ2) is 24.4. The molecule has 14 nitrogen and oxygen atoms in total. The Morgan fingerprint density at radius 2 is 0.986 bits per heavy atom. The van der Waals surface area contributed by atoms with Crippen LogP contribution in [0, 0.1) is 13.8 Å². The van der Waals surface area contributed by atoms with Gasteiger partial charge in [-0.25, -0.2) is 4.98 Å². The molecule has 6 aliphatic heterocycles. The Kier molecular flexibility index (Phi) is 17.4. The third-order valence-electron chi connectivity index (χ3n) is 12.5. The van der Waals surface area contributed by atoms with E-state index in [4.69, 9.17) is 42.6 Å². The maximum Gasteiger partial charge on any atom is 0.311 e. The first-order valence-corrected chi connectivity index (χ1v) is 24.7. The minimum atomic E-state index is -0.220. The Balaban J connectivity index is 0.000000128. The number of imidazole rings is 1. The van der Waals surface area contributed by atoms with Crippen molar-refractivity contribution in [3.8, 4) is 34.5 Å². The topological polar surface area (TPSA) is 173 Å². The van der Waals surface area contributed by atoms with Crippen LogP contribution in [0.5, 0.6) is 34.5 Å². The first kappa shape index (κ1) is 51.4. The number of hydrogen-bond donors (Lipinski definition) is 1. The molecule has 1 N–H and O–H groups in total. The molecule has 5 aromatic carbocycles. The first-order valence-electron chi connectivity index (χ1n) is 24.7. The fraction of sp³-hybridized carbons (Fsp3) is 0.379. The average Bonchev–Trinajstić information content (AvgIpc) is 4.29. The van der Waals surface area contributed by atoms with E-state index in [1.54, 1.807) is 0 Å². The number of nitrogens with zero attached hydrogens (tertiary/aromatic N) is 1. The number of hydrogen-bond acceptors (Lipinski definition) is 13. The van der Waals surface area contributed by atoms with Crippen molar-refractivity contribution in [1.82, 2.24) is 9.97 Å². The zero-order chi connectivity index (χ0) is 50.5. The van der Waals surface area contributed by atoms with Gasteiger partial charge in [-0.05, 0) is 109 Å². The van der Waals surface area contributed by atoms with E-state index in [-0.39, 0.29) is 35.5 Å². The number of nitrogens with one attached hydrogen (secondary N) is 1. The standard InChI is InChI=1S/C21H24O4.C13H12O4.C9H8O2.C9H10O2.C6H10N2/c1-21(2,15-3-7-17(8-4-15)22-11-19-13-24-19)16-5-9-18(10-6-16)23-12-20-14-25-20;1-7-12-8(2-4-10(14)16-12)6-9-3-5-11(15)17-13(7)9;10-9-6-5-7-3-1-2-4-8(7)11-9;1-2-4-8(5-3-1)10-6-9-7-11-9;1-3-6-7-4-5(2)8-6/h3-10,19-20H,11-14H2,1-2H3;6H,2-5H2,1H3;1-4H,5-6H2;1-5,9H,6-7H2;4H,3H2,1-2H3,(H,7,8). The third-order valence-corrected chi connectivity index (χ3v) is 12.5. The monoisotopic (exact) mass is 980 g/mol. The highest BCUT2D eigenvalue weighted by Gasteiger charge is 2.29. The molecule has 0 bridgehead atoms. The number of esters is 3. The Bertz CT molecular complexity index is 2640. The van der Waals surface area contributed by atoms with Crippen LogP contribution in [-0.2, 0) is 59.7 Å². The van der Waals surface area contributed by atoms with Crippen molar-refractivity contribution in [2.24, 2.45) is 0 Å². The van der Waals surface area contributed by atoms with Gasteiger partial charge >= 0.3 is 17.9 Å². The quantitative estimate of drug-likeness (QED) is 0.0699. The second-order valence-electron chi connectivity index (χ2n) is 18.7. The third kappa shape index (κ3) is 15.3.